The van der Waals surface area contributed by atoms with Crippen LogP contribution in [0.4, 0.5) is 5.69 Å². The van der Waals surface area contributed by atoms with Crippen LogP contribution in [0.3, 0.4) is 0 Å². The molecule has 0 bridgehead atoms. The Kier molecular flexibility index (Phi) is 6.57. The molecule has 0 radical (unpaired) electrons. The third-order valence-corrected chi connectivity index (χ3v) is 4.80. The fourth-order valence-electron chi connectivity index (χ4n) is 2.83. The molecule has 144 valence electrons. The molecule has 1 amide bonds. The Hall–Kier alpha value is -2.53. The number of rotatable bonds is 6. The molecule has 0 unspecified atom stereocenters. The quantitative estimate of drug-likeness (QED) is 0.509. The SMILES string of the molecule is CNCc1cc(-c2cccc(NC(C)=O)c2)ccc1Oc1ccc(Cl)c(Cl)c1. The molecule has 0 aliphatic heterocycles. The van der Waals surface area contributed by atoms with Crippen molar-refractivity contribution in [3.8, 4) is 22.6 Å². The Balaban J connectivity index is 1.92. The number of anilines is 1. The number of carbonyl (C=O) groups excluding carboxylic acids is 1. The zero-order valence-electron chi connectivity index (χ0n) is 15.6. The van der Waals surface area contributed by atoms with Crippen LogP contribution in [0.15, 0.2) is 60.7 Å². The van der Waals surface area contributed by atoms with E-state index in [1.807, 2.05) is 43.4 Å². The van der Waals surface area contributed by atoms with Gasteiger partial charge in [-0.3, -0.25) is 4.79 Å². The van der Waals surface area contributed by atoms with Crippen molar-refractivity contribution >= 4 is 34.8 Å². The molecule has 2 N–H and O–H groups in total. The second-order valence-corrected chi connectivity index (χ2v) is 7.11. The van der Waals surface area contributed by atoms with Gasteiger partial charge in [0.15, 0.2) is 0 Å². The van der Waals surface area contributed by atoms with E-state index in [9.17, 15) is 4.79 Å². The van der Waals surface area contributed by atoms with Crippen molar-refractivity contribution in [2.24, 2.45) is 0 Å². The van der Waals surface area contributed by atoms with Crippen molar-refractivity contribution in [1.82, 2.24) is 5.32 Å². The molecule has 0 aromatic heterocycles. The van der Waals surface area contributed by atoms with E-state index in [1.54, 1.807) is 18.2 Å². The number of benzene rings is 3. The molecule has 0 atom stereocenters. The van der Waals surface area contributed by atoms with Crippen LogP contribution in [0.5, 0.6) is 11.5 Å². The molecule has 0 fully saturated rings. The van der Waals surface area contributed by atoms with E-state index in [0.29, 0.717) is 22.3 Å². The predicted molar refractivity (Wildman–Crippen MR) is 115 cm³/mol. The van der Waals surface area contributed by atoms with Crippen LogP contribution in [0, 0.1) is 0 Å². The van der Waals surface area contributed by atoms with E-state index in [-0.39, 0.29) is 5.91 Å². The van der Waals surface area contributed by atoms with Crippen LogP contribution in [-0.4, -0.2) is 13.0 Å². The first-order valence-corrected chi connectivity index (χ1v) is 9.50. The second kappa shape index (κ2) is 9.11. The van der Waals surface area contributed by atoms with Crippen LogP contribution in [0.25, 0.3) is 11.1 Å². The monoisotopic (exact) mass is 414 g/mol. The fraction of sp³-hybridized carbons (Fsp3) is 0.136. The Morgan fingerprint density at radius 3 is 2.46 bits per heavy atom. The lowest BCUT2D eigenvalue weighted by Gasteiger charge is -2.14. The van der Waals surface area contributed by atoms with Gasteiger partial charge in [-0.05, 0) is 54.6 Å². The summed E-state index contributed by atoms with van der Waals surface area (Å²) in [5.74, 6) is 1.25. The Morgan fingerprint density at radius 1 is 0.964 bits per heavy atom. The van der Waals surface area contributed by atoms with E-state index in [2.05, 4.69) is 16.7 Å². The van der Waals surface area contributed by atoms with E-state index in [0.717, 1.165) is 28.1 Å². The Morgan fingerprint density at radius 2 is 1.75 bits per heavy atom. The van der Waals surface area contributed by atoms with Crippen LogP contribution < -0.4 is 15.4 Å². The summed E-state index contributed by atoms with van der Waals surface area (Å²) in [6.45, 7) is 2.13. The molecule has 28 heavy (non-hydrogen) atoms. The van der Waals surface area contributed by atoms with Gasteiger partial charge >= 0.3 is 0 Å². The van der Waals surface area contributed by atoms with Crippen molar-refractivity contribution in [3.63, 3.8) is 0 Å². The average molecular weight is 415 g/mol. The highest BCUT2D eigenvalue weighted by atomic mass is 35.5. The molecule has 3 aromatic rings. The summed E-state index contributed by atoms with van der Waals surface area (Å²) in [6.07, 6.45) is 0. The first kappa shape index (κ1) is 20.2. The molecule has 0 saturated heterocycles. The maximum Gasteiger partial charge on any atom is 0.221 e. The van der Waals surface area contributed by atoms with Gasteiger partial charge in [0.1, 0.15) is 11.5 Å². The van der Waals surface area contributed by atoms with Crippen molar-refractivity contribution in [2.75, 3.05) is 12.4 Å². The van der Waals surface area contributed by atoms with Crippen molar-refractivity contribution < 1.29 is 9.53 Å². The smallest absolute Gasteiger partial charge is 0.221 e. The molecule has 0 spiro atoms. The fourth-order valence-corrected chi connectivity index (χ4v) is 3.12. The zero-order chi connectivity index (χ0) is 20.1. The minimum atomic E-state index is -0.0987. The number of hydrogen-bond donors (Lipinski definition) is 2. The largest absolute Gasteiger partial charge is 0.457 e. The Labute approximate surface area is 174 Å². The lowest BCUT2D eigenvalue weighted by Crippen LogP contribution is -2.07. The maximum absolute atomic E-state index is 11.3. The van der Waals surface area contributed by atoms with Gasteiger partial charge in [0.05, 0.1) is 10.0 Å². The molecule has 6 heteroatoms. The highest BCUT2D eigenvalue weighted by Crippen LogP contribution is 2.33. The molecular formula is C22H20Cl2N2O2. The summed E-state index contributed by atoms with van der Waals surface area (Å²) in [5, 5.41) is 6.90. The number of nitrogens with one attached hydrogen (secondary N) is 2. The van der Waals surface area contributed by atoms with Crippen molar-refractivity contribution in [2.45, 2.75) is 13.5 Å². The normalized spacial score (nSPS) is 10.6. The number of ether oxygens (including phenoxy) is 1. The van der Waals surface area contributed by atoms with Gasteiger partial charge in [-0.25, -0.2) is 0 Å². The Bertz CT molecular complexity index is 1010. The van der Waals surface area contributed by atoms with Crippen LogP contribution >= 0.6 is 23.2 Å². The van der Waals surface area contributed by atoms with E-state index >= 15 is 0 Å². The van der Waals surface area contributed by atoms with Gasteiger partial charge in [0.25, 0.3) is 0 Å². The van der Waals surface area contributed by atoms with E-state index in [1.165, 1.54) is 6.92 Å². The first-order valence-electron chi connectivity index (χ1n) is 8.74. The summed E-state index contributed by atoms with van der Waals surface area (Å²) < 4.78 is 6.03. The van der Waals surface area contributed by atoms with E-state index < -0.39 is 0 Å². The minimum absolute atomic E-state index is 0.0987. The van der Waals surface area contributed by atoms with Gasteiger partial charge < -0.3 is 15.4 Å². The number of carbonyl (C=O) groups is 1. The molecule has 3 rings (SSSR count). The standard InChI is InChI=1S/C22H20Cl2N2O2/c1-14(27)26-18-5-3-4-15(11-18)16-6-9-22(17(10-16)13-25-2)28-19-7-8-20(23)21(24)12-19/h3-12,25H,13H2,1-2H3,(H,26,27). The highest BCUT2D eigenvalue weighted by Gasteiger charge is 2.09. The summed E-state index contributed by atoms with van der Waals surface area (Å²) in [4.78, 5) is 11.3. The number of amides is 1. The second-order valence-electron chi connectivity index (χ2n) is 6.29. The van der Waals surface area contributed by atoms with Gasteiger partial charge in [-0.2, -0.15) is 0 Å². The summed E-state index contributed by atoms with van der Waals surface area (Å²) >= 11 is 12.1. The number of hydrogen-bond acceptors (Lipinski definition) is 3. The van der Waals surface area contributed by atoms with Crippen LogP contribution in [-0.2, 0) is 11.3 Å². The highest BCUT2D eigenvalue weighted by molar-refractivity contribution is 6.42. The van der Waals surface area contributed by atoms with Crippen molar-refractivity contribution in [3.05, 3.63) is 76.3 Å². The molecule has 0 saturated carbocycles. The van der Waals surface area contributed by atoms with Gasteiger partial charge in [0.2, 0.25) is 5.91 Å². The summed E-state index contributed by atoms with van der Waals surface area (Å²) in [6, 6.07) is 18.9. The van der Waals surface area contributed by atoms with Gasteiger partial charge in [0, 0.05) is 30.8 Å². The molecular weight excluding hydrogens is 395 g/mol. The average Bonchev–Trinajstić information content (AvgIpc) is 2.66. The molecule has 3 aromatic carbocycles. The topological polar surface area (TPSA) is 50.4 Å². The van der Waals surface area contributed by atoms with E-state index in [4.69, 9.17) is 27.9 Å². The predicted octanol–water partition coefficient (Wildman–Crippen LogP) is 6.13. The minimum Gasteiger partial charge on any atom is -0.457 e. The molecule has 0 heterocycles. The van der Waals surface area contributed by atoms with Gasteiger partial charge in [-0.15, -0.1) is 0 Å². The summed E-state index contributed by atoms with van der Waals surface area (Å²) in [5.41, 5.74) is 3.79. The lowest BCUT2D eigenvalue weighted by molar-refractivity contribution is -0.114. The third kappa shape index (κ3) is 5.04. The van der Waals surface area contributed by atoms with Crippen LogP contribution in [0.1, 0.15) is 12.5 Å². The molecule has 4 nitrogen and oxygen atoms in total. The molecule has 0 aliphatic rings. The maximum atomic E-state index is 11.3. The van der Waals surface area contributed by atoms with Crippen LogP contribution in [0.2, 0.25) is 10.0 Å². The third-order valence-electron chi connectivity index (χ3n) is 4.06. The summed E-state index contributed by atoms with van der Waals surface area (Å²) in [7, 11) is 1.88. The van der Waals surface area contributed by atoms with Crippen molar-refractivity contribution in [1.29, 1.82) is 0 Å². The number of halogens is 2. The first-order chi connectivity index (χ1) is 13.5. The zero-order valence-corrected chi connectivity index (χ0v) is 17.1. The van der Waals surface area contributed by atoms with Gasteiger partial charge in [-0.1, -0.05) is 41.4 Å². The lowest BCUT2D eigenvalue weighted by atomic mass is 10.0. The molecule has 0 aliphatic carbocycles.